The first-order valence-corrected chi connectivity index (χ1v) is 44.8. The maximum absolute atomic E-state index is 6.91. The van der Waals surface area contributed by atoms with E-state index in [1.807, 2.05) is 364 Å². The lowest BCUT2D eigenvalue weighted by Gasteiger charge is -2.19. The quantitative estimate of drug-likeness (QED) is 0.0352. The molecule has 0 bridgehead atoms. The average Bonchev–Trinajstić information content (AvgIpc) is 0.866. The second kappa shape index (κ2) is 49.9. The molecule has 16 rings (SSSR count). The molecule has 133 heavy (non-hydrogen) atoms. The molecule has 678 valence electrons. The van der Waals surface area contributed by atoms with Crippen molar-refractivity contribution in [1.29, 1.82) is 0 Å². The highest BCUT2D eigenvalue weighted by Gasteiger charge is 2.20. The molecule has 19 heteroatoms. The average molecular weight is 1780 g/mol. The van der Waals surface area contributed by atoms with Crippen LogP contribution in [0, 0.1) is 0 Å². The Morgan fingerprint density at radius 2 is 0.293 bits per heavy atom. The van der Waals surface area contributed by atoms with Crippen molar-refractivity contribution < 1.29 is 90.0 Å². The predicted octanol–water partition coefficient (Wildman–Crippen LogP) is 23.9. The Labute approximate surface area is 777 Å². The van der Waals surface area contributed by atoms with Gasteiger partial charge in [0, 0.05) is 36.4 Å². The van der Waals surface area contributed by atoms with Crippen LogP contribution in [0.1, 0.15) is 89.0 Å². The minimum Gasteiger partial charge on any atom is -0.489 e. The fourth-order valence-electron chi connectivity index (χ4n) is 14.5. The van der Waals surface area contributed by atoms with Crippen molar-refractivity contribution in [1.82, 2.24) is 0 Å². The van der Waals surface area contributed by atoms with Crippen molar-refractivity contribution in [2.24, 2.45) is 0 Å². The van der Waals surface area contributed by atoms with E-state index in [1.165, 1.54) is 0 Å². The van der Waals surface area contributed by atoms with Crippen molar-refractivity contribution >= 4 is 0 Å². The Balaban J connectivity index is 0.691. The van der Waals surface area contributed by atoms with Crippen LogP contribution in [0.2, 0.25) is 0 Å². The number of hydrogen-bond donors (Lipinski definition) is 0. The van der Waals surface area contributed by atoms with Gasteiger partial charge in [-0.05, 0) is 174 Å². The number of benzene rings is 15. The summed E-state index contributed by atoms with van der Waals surface area (Å²) in [4.78, 5) is 0. The van der Waals surface area contributed by atoms with Crippen LogP contribution in [-0.4, -0.2) is 52.9 Å². The lowest BCUT2D eigenvalue weighted by Crippen LogP contribution is -2.13. The Morgan fingerprint density at radius 3 is 0.466 bits per heavy atom. The van der Waals surface area contributed by atoms with Gasteiger partial charge in [0.1, 0.15) is 161 Å². The molecular weight excluding hydrogens is 1670 g/mol. The first-order valence-electron chi connectivity index (χ1n) is 44.8. The van der Waals surface area contributed by atoms with E-state index in [0.29, 0.717) is 173 Å². The molecule has 19 nitrogen and oxygen atoms in total. The van der Waals surface area contributed by atoms with Crippen LogP contribution < -0.4 is 66.3 Å². The highest BCUT2D eigenvalue weighted by Crippen LogP contribution is 2.37. The minimum absolute atomic E-state index is 0.104. The van der Waals surface area contributed by atoms with E-state index in [1.54, 1.807) is 0 Å². The molecule has 1 aliphatic rings. The molecule has 0 saturated heterocycles. The number of ether oxygens (including phenoxy) is 19. The third kappa shape index (κ3) is 30.7. The summed E-state index contributed by atoms with van der Waals surface area (Å²) < 4.78 is 124. The van der Waals surface area contributed by atoms with Gasteiger partial charge in [-0.25, -0.2) is 0 Å². The maximum atomic E-state index is 6.91. The van der Waals surface area contributed by atoms with Gasteiger partial charge in [-0.1, -0.05) is 243 Å². The van der Waals surface area contributed by atoms with Crippen LogP contribution in [0.4, 0.5) is 0 Å². The van der Waals surface area contributed by atoms with Gasteiger partial charge in [0.15, 0.2) is 11.5 Å². The van der Waals surface area contributed by atoms with Gasteiger partial charge in [0.2, 0.25) is 0 Å². The van der Waals surface area contributed by atoms with Crippen LogP contribution >= 0.6 is 0 Å². The van der Waals surface area contributed by atoms with Crippen molar-refractivity contribution in [3.8, 4) is 80.5 Å². The summed E-state index contributed by atoms with van der Waals surface area (Å²) in [5.41, 5.74) is 14.6. The zero-order valence-electron chi connectivity index (χ0n) is 74.4. The monoisotopic (exact) mass is 1780 g/mol. The van der Waals surface area contributed by atoms with E-state index in [4.69, 9.17) is 90.0 Å². The highest BCUT2D eigenvalue weighted by molar-refractivity contribution is 5.49. The second-order valence-electron chi connectivity index (χ2n) is 31.8. The summed E-state index contributed by atoms with van der Waals surface area (Å²) in [6.07, 6.45) is 0. The largest absolute Gasteiger partial charge is 0.489 e. The Bertz CT molecular complexity index is 5090. The van der Waals surface area contributed by atoms with Crippen molar-refractivity contribution in [3.63, 3.8) is 0 Å². The molecular formula is C114H108O19. The molecule has 0 aliphatic carbocycles. The van der Waals surface area contributed by atoms with Gasteiger partial charge in [0.25, 0.3) is 0 Å². The van der Waals surface area contributed by atoms with Crippen LogP contribution in [-0.2, 0) is 129 Å². The second-order valence-corrected chi connectivity index (χ2v) is 31.8. The van der Waals surface area contributed by atoms with Crippen molar-refractivity contribution in [2.75, 3.05) is 52.9 Å². The first-order chi connectivity index (χ1) is 65.8. The number of rotatable bonds is 44. The maximum Gasteiger partial charge on any atom is 0.161 e. The first kappa shape index (κ1) is 91.6. The fourth-order valence-corrected chi connectivity index (χ4v) is 14.5. The van der Waals surface area contributed by atoms with E-state index >= 15 is 0 Å². The molecule has 15 aromatic rings. The van der Waals surface area contributed by atoms with Gasteiger partial charge < -0.3 is 90.0 Å². The molecule has 0 N–H and O–H groups in total. The zero-order valence-corrected chi connectivity index (χ0v) is 74.4. The molecule has 0 unspecified atom stereocenters. The summed E-state index contributed by atoms with van der Waals surface area (Å²) in [5.74, 6) is 8.14. The Morgan fingerprint density at radius 1 is 0.143 bits per heavy atom. The van der Waals surface area contributed by atoms with Crippen LogP contribution in [0.5, 0.6) is 80.5 Å². The molecule has 0 saturated carbocycles. The van der Waals surface area contributed by atoms with Crippen LogP contribution in [0.15, 0.2) is 364 Å². The fraction of sp³-hybridized carbons (Fsp3) is 0.211. The van der Waals surface area contributed by atoms with Gasteiger partial charge in [-0.15, -0.1) is 0 Å². The van der Waals surface area contributed by atoms with Gasteiger partial charge in [-0.2, -0.15) is 0 Å². The van der Waals surface area contributed by atoms with Gasteiger partial charge in [0.05, 0.1) is 66.1 Å². The minimum atomic E-state index is 0.104. The normalized spacial score (nSPS) is 12.2. The molecule has 0 spiro atoms. The number of fused-ring (bicyclic) bond motifs is 1. The van der Waals surface area contributed by atoms with Crippen molar-refractivity contribution in [2.45, 2.75) is 106 Å². The van der Waals surface area contributed by atoms with E-state index in [0.717, 1.165) is 89.0 Å². The smallest absolute Gasteiger partial charge is 0.161 e. The highest BCUT2D eigenvalue weighted by atomic mass is 16.6. The third-order valence-corrected chi connectivity index (χ3v) is 21.3. The van der Waals surface area contributed by atoms with Crippen molar-refractivity contribution in [3.05, 3.63) is 453 Å². The molecule has 0 aromatic heterocycles. The summed E-state index contributed by atoms with van der Waals surface area (Å²) in [6.45, 7) is 6.59. The van der Waals surface area contributed by atoms with E-state index in [9.17, 15) is 0 Å². The molecule has 0 fully saturated rings. The molecule has 0 amide bonds. The molecule has 1 heterocycles. The lowest BCUT2D eigenvalue weighted by molar-refractivity contribution is 0.00707. The molecule has 1 aliphatic heterocycles. The SMILES string of the molecule is c1ccc(COc2cc(COc3cc(COCc4cc5c(cc4COCc4cc(OCc6cc(OCc7ccccc7)cc(OCc7ccccc7)c6)cc(OCc6cc(OCc7ccccc7)cc(OCc7ccccc7)c6)c4)OCCOCCOCCOCCO5)cc(OCc4cc(OCc5ccccc5)cc(OCc5ccccc5)c4)c3)cc(OCc3ccccc3)c2)cc1. The Hall–Kier alpha value is -14.7. The molecule has 0 atom stereocenters. The summed E-state index contributed by atoms with van der Waals surface area (Å²) in [5, 5.41) is 0. The third-order valence-electron chi connectivity index (χ3n) is 21.3. The molecule has 0 radical (unpaired) electrons. The van der Waals surface area contributed by atoms with E-state index in [2.05, 4.69) is 0 Å². The topological polar surface area (TPSA) is 175 Å². The standard InChI is InChI=1S/C114H108O19/c1-9-25-85(26-10-1)71-122-105-53-95(54-106(65-105)123-72-86-27-11-2-12-28-86)79-130-101-49-93(50-102(63-101)131-80-96-55-107(124-73-87-29-13-3-14-30-87)66-108(56-96)125-74-88-31-15-4-16-32-88)69-118-83-99-61-113-114(121-48-46-117-44-42-115-41-43-116-45-47-120-113)62-100(99)84-119-70-94-51-103(132-81-97-57-109(126-75-89-33-17-5-18-34-89)67-110(58-97)127-76-90-35-19-6-20-36-90)64-104(52-94)133-82-98-59-111(128-77-91-37-21-7-22-38-91)68-112(60-98)129-78-92-39-23-8-24-40-92/h1-40,49-68H,41-48,69-84H2. The van der Waals surface area contributed by atoms with E-state index in [-0.39, 0.29) is 66.1 Å². The van der Waals surface area contributed by atoms with Crippen LogP contribution in [0.3, 0.4) is 0 Å². The zero-order chi connectivity index (χ0) is 90.2. The van der Waals surface area contributed by atoms with E-state index < -0.39 is 0 Å². The van der Waals surface area contributed by atoms with Gasteiger partial charge in [-0.3, -0.25) is 0 Å². The Kier molecular flexibility index (Phi) is 34.4. The lowest BCUT2D eigenvalue weighted by atomic mass is 10.1. The summed E-state index contributed by atoms with van der Waals surface area (Å²) in [6, 6.07) is 120. The number of hydrogen-bond acceptors (Lipinski definition) is 19. The summed E-state index contributed by atoms with van der Waals surface area (Å²) in [7, 11) is 0. The summed E-state index contributed by atoms with van der Waals surface area (Å²) >= 11 is 0. The predicted molar refractivity (Wildman–Crippen MR) is 509 cm³/mol. The molecule has 15 aromatic carbocycles. The van der Waals surface area contributed by atoms with Gasteiger partial charge >= 0.3 is 0 Å². The van der Waals surface area contributed by atoms with Crippen LogP contribution in [0.25, 0.3) is 0 Å².